The van der Waals surface area contributed by atoms with Crippen molar-refractivity contribution in [1.82, 2.24) is 4.98 Å². The van der Waals surface area contributed by atoms with E-state index in [2.05, 4.69) is 15.6 Å². The molecule has 2 aromatic rings. The summed E-state index contributed by atoms with van der Waals surface area (Å²) in [6.45, 7) is 4.43. The average molecular weight is 275 g/mol. The predicted molar refractivity (Wildman–Crippen MR) is 79.4 cm³/mol. The zero-order valence-corrected chi connectivity index (χ0v) is 11.8. The van der Waals surface area contributed by atoms with Crippen molar-refractivity contribution in [2.75, 3.05) is 10.6 Å². The fraction of sp³-hybridized carbons (Fsp3) is 0.286. The number of rotatable bonds is 5. The quantitative estimate of drug-likeness (QED) is 0.880. The molecule has 0 unspecified atom stereocenters. The van der Waals surface area contributed by atoms with Crippen LogP contribution in [-0.4, -0.2) is 10.9 Å². The van der Waals surface area contributed by atoms with E-state index in [1.807, 2.05) is 49.0 Å². The number of nitrogens with one attached hydrogen (secondary N) is 2. The Morgan fingerprint density at radius 1 is 1.37 bits per heavy atom. The van der Waals surface area contributed by atoms with Crippen LogP contribution >= 0.6 is 11.3 Å². The van der Waals surface area contributed by atoms with E-state index < -0.39 is 0 Å². The lowest BCUT2D eigenvalue weighted by Crippen LogP contribution is -2.17. The van der Waals surface area contributed by atoms with E-state index in [1.165, 1.54) is 0 Å². The van der Waals surface area contributed by atoms with Crippen molar-refractivity contribution in [3.63, 3.8) is 0 Å². The lowest BCUT2D eigenvalue weighted by atomic mass is 10.2. The minimum Gasteiger partial charge on any atom is -0.379 e. The Balaban J connectivity index is 1.97. The van der Waals surface area contributed by atoms with Crippen LogP contribution in [0.15, 0.2) is 35.2 Å². The first-order valence-electron chi connectivity index (χ1n) is 6.17. The van der Waals surface area contributed by atoms with Gasteiger partial charge in [0.05, 0.1) is 17.7 Å². The summed E-state index contributed by atoms with van der Waals surface area (Å²) in [5.41, 5.74) is 4.61. The number of hydrogen-bond donors (Lipinski definition) is 2. The zero-order valence-electron chi connectivity index (χ0n) is 11.0. The highest BCUT2D eigenvalue weighted by Crippen LogP contribution is 2.16. The van der Waals surface area contributed by atoms with Gasteiger partial charge in [-0.3, -0.25) is 4.79 Å². The molecule has 0 bridgehead atoms. The van der Waals surface area contributed by atoms with Crippen LogP contribution in [0.3, 0.4) is 0 Å². The van der Waals surface area contributed by atoms with Crippen molar-refractivity contribution in [2.24, 2.45) is 5.92 Å². The Labute approximate surface area is 116 Å². The second kappa shape index (κ2) is 6.33. The molecule has 1 heterocycles. The highest BCUT2D eigenvalue weighted by atomic mass is 32.1. The highest BCUT2D eigenvalue weighted by Gasteiger charge is 2.07. The molecule has 0 fully saturated rings. The molecule has 19 heavy (non-hydrogen) atoms. The van der Waals surface area contributed by atoms with Gasteiger partial charge < -0.3 is 10.6 Å². The number of thiazole rings is 1. The minimum absolute atomic E-state index is 0.0216. The molecule has 0 aliphatic carbocycles. The van der Waals surface area contributed by atoms with Crippen molar-refractivity contribution in [2.45, 2.75) is 20.4 Å². The molecule has 0 aliphatic rings. The van der Waals surface area contributed by atoms with Crippen molar-refractivity contribution in [3.8, 4) is 0 Å². The molecular formula is C14H17N3OS. The molecule has 0 spiro atoms. The molecule has 100 valence electrons. The monoisotopic (exact) mass is 275 g/mol. The van der Waals surface area contributed by atoms with E-state index in [9.17, 15) is 4.79 Å². The average Bonchev–Trinajstić information content (AvgIpc) is 2.90. The third-order valence-corrected chi connectivity index (χ3v) is 3.25. The van der Waals surface area contributed by atoms with Gasteiger partial charge in [-0.15, -0.1) is 11.3 Å². The molecule has 1 aromatic heterocycles. The number of nitrogens with zero attached hydrogens (tertiary/aromatic N) is 1. The molecule has 0 atom stereocenters. The first-order chi connectivity index (χ1) is 9.15. The second-order valence-electron chi connectivity index (χ2n) is 4.56. The van der Waals surface area contributed by atoms with E-state index in [-0.39, 0.29) is 11.8 Å². The maximum Gasteiger partial charge on any atom is 0.226 e. The smallest absolute Gasteiger partial charge is 0.226 e. The van der Waals surface area contributed by atoms with Gasteiger partial charge in [-0.05, 0) is 18.2 Å². The summed E-state index contributed by atoms with van der Waals surface area (Å²) >= 11 is 1.58. The first-order valence-corrected chi connectivity index (χ1v) is 7.11. The highest BCUT2D eigenvalue weighted by molar-refractivity contribution is 7.07. The number of aromatic nitrogens is 1. The molecule has 0 aliphatic heterocycles. The molecule has 5 heteroatoms. The van der Waals surface area contributed by atoms with Crippen LogP contribution in [-0.2, 0) is 11.3 Å². The van der Waals surface area contributed by atoms with Crippen molar-refractivity contribution < 1.29 is 4.79 Å². The molecule has 0 radical (unpaired) electrons. The van der Waals surface area contributed by atoms with Gasteiger partial charge in [-0.1, -0.05) is 19.9 Å². The van der Waals surface area contributed by atoms with Gasteiger partial charge in [-0.2, -0.15) is 0 Å². The SMILES string of the molecule is CC(C)C(=O)Nc1cccc(NCc2cscn2)c1. The third kappa shape index (κ3) is 4.06. The van der Waals surface area contributed by atoms with Crippen LogP contribution in [0.5, 0.6) is 0 Å². The van der Waals surface area contributed by atoms with E-state index in [4.69, 9.17) is 0 Å². The summed E-state index contributed by atoms with van der Waals surface area (Å²) in [6.07, 6.45) is 0. The Kier molecular flexibility index (Phi) is 4.52. The number of anilines is 2. The van der Waals surface area contributed by atoms with Gasteiger partial charge in [0.2, 0.25) is 5.91 Å². The third-order valence-electron chi connectivity index (χ3n) is 2.61. The van der Waals surface area contributed by atoms with E-state index in [1.54, 1.807) is 11.3 Å². The fourth-order valence-corrected chi connectivity index (χ4v) is 2.07. The van der Waals surface area contributed by atoms with Gasteiger partial charge in [0.1, 0.15) is 0 Å². The number of carbonyl (C=O) groups excluding carboxylic acids is 1. The van der Waals surface area contributed by atoms with E-state index in [0.717, 1.165) is 17.1 Å². The molecule has 0 saturated carbocycles. The maximum atomic E-state index is 11.6. The van der Waals surface area contributed by atoms with Crippen LogP contribution in [0.2, 0.25) is 0 Å². The predicted octanol–water partition coefficient (Wildman–Crippen LogP) is 3.35. The molecule has 0 saturated heterocycles. The van der Waals surface area contributed by atoms with Crippen molar-refractivity contribution in [3.05, 3.63) is 40.8 Å². The van der Waals surface area contributed by atoms with Crippen LogP contribution in [0.25, 0.3) is 0 Å². The maximum absolute atomic E-state index is 11.6. The summed E-state index contributed by atoms with van der Waals surface area (Å²) in [5, 5.41) is 8.18. The topological polar surface area (TPSA) is 54.0 Å². The van der Waals surface area contributed by atoms with E-state index >= 15 is 0 Å². The van der Waals surface area contributed by atoms with Gasteiger partial charge >= 0.3 is 0 Å². The van der Waals surface area contributed by atoms with Crippen molar-refractivity contribution >= 4 is 28.6 Å². The Morgan fingerprint density at radius 2 is 2.16 bits per heavy atom. The van der Waals surface area contributed by atoms with E-state index in [0.29, 0.717) is 6.54 Å². The lowest BCUT2D eigenvalue weighted by molar-refractivity contribution is -0.118. The standard InChI is InChI=1S/C14H17N3OS/c1-10(2)14(18)17-12-5-3-4-11(6-12)15-7-13-8-19-9-16-13/h3-6,8-10,15H,7H2,1-2H3,(H,17,18). The van der Waals surface area contributed by atoms with Crippen LogP contribution in [0.4, 0.5) is 11.4 Å². The van der Waals surface area contributed by atoms with Gasteiger partial charge in [-0.25, -0.2) is 4.98 Å². The van der Waals surface area contributed by atoms with Crippen molar-refractivity contribution in [1.29, 1.82) is 0 Å². The zero-order chi connectivity index (χ0) is 13.7. The van der Waals surface area contributed by atoms with Gasteiger partial charge in [0, 0.05) is 22.7 Å². The summed E-state index contributed by atoms with van der Waals surface area (Å²) in [7, 11) is 0. The molecule has 2 rings (SSSR count). The summed E-state index contributed by atoms with van der Waals surface area (Å²) in [4.78, 5) is 15.8. The lowest BCUT2D eigenvalue weighted by Gasteiger charge is -2.10. The summed E-state index contributed by atoms with van der Waals surface area (Å²) in [5.74, 6) is 0.00303. The molecule has 2 N–H and O–H groups in total. The number of carbonyl (C=O) groups is 1. The Hall–Kier alpha value is -1.88. The summed E-state index contributed by atoms with van der Waals surface area (Å²) < 4.78 is 0. The normalized spacial score (nSPS) is 10.5. The Bertz CT molecular complexity index is 537. The first kappa shape index (κ1) is 13.5. The molecule has 1 aromatic carbocycles. The molecule has 4 nitrogen and oxygen atoms in total. The van der Waals surface area contributed by atoms with Crippen LogP contribution < -0.4 is 10.6 Å². The van der Waals surface area contributed by atoms with Crippen LogP contribution in [0, 0.1) is 5.92 Å². The number of benzene rings is 1. The number of amides is 1. The van der Waals surface area contributed by atoms with Gasteiger partial charge in [0.25, 0.3) is 0 Å². The molecular weight excluding hydrogens is 258 g/mol. The molecule has 1 amide bonds. The largest absolute Gasteiger partial charge is 0.379 e. The Morgan fingerprint density at radius 3 is 2.84 bits per heavy atom. The second-order valence-corrected chi connectivity index (χ2v) is 5.28. The van der Waals surface area contributed by atoms with Gasteiger partial charge in [0.15, 0.2) is 0 Å². The minimum atomic E-state index is -0.0216. The fourth-order valence-electron chi connectivity index (χ4n) is 1.51. The summed E-state index contributed by atoms with van der Waals surface area (Å²) in [6, 6.07) is 7.69. The number of hydrogen-bond acceptors (Lipinski definition) is 4. The van der Waals surface area contributed by atoms with Crippen LogP contribution in [0.1, 0.15) is 19.5 Å².